The molecule has 0 saturated heterocycles. The first-order valence-corrected chi connectivity index (χ1v) is 2.21. The Morgan fingerprint density at radius 3 is 1.67 bits per heavy atom. The Morgan fingerprint density at radius 2 is 1.44 bits per heavy atom. The summed E-state index contributed by atoms with van der Waals surface area (Å²) in [7, 11) is 0. The summed E-state index contributed by atoms with van der Waals surface area (Å²) >= 11 is 0. The Labute approximate surface area is 79.9 Å². The molecule has 0 aromatic rings. The predicted molar refractivity (Wildman–Crippen MR) is 40.2 cm³/mol. The van der Waals surface area contributed by atoms with E-state index in [4.69, 9.17) is 10.2 Å². The third-order valence-corrected chi connectivity index (χ3v) is 0.471. The Balaban J connectivity index is -0.0000000300. The number of hydrogen-bond acceptors (Lipinski definition) is 3. The van der Waals surface area contributed by atoms with Crippen molar-refractivity contribution in [1.29, 1.82) is 0 Å². The number of rotatable bonds is 4. The number of hydrogen-bond donors (Lipinski definition) is 2. The normalized spacial score (nSPS) is 7.33. The molecular weight excluding hydrogens is 156 g/mol. The largest absolute Gasteiger partial charge is 2.00 e. The number of aliphatic hydroxyl groups excluding tert-OH is 2. The second kappa shape index (κ2) is 16.0. The SMILES string of the molecule is Cl.OCCOCCO.[H-].[H-].[Mg+2]. The minimum atomic E-state index is 0. The smallest absolute Gasteiger partial charge is 1.00 e. The summed E-state index contributed by atoms with van der Waals surface area (Å²) in [5.41, 5.74) is 0. The van der Waals surface area contributed by atoms with Gasteiger partial charge in [-0.25, -0.2) is 0 Å². The molecule has 56 valence electrons. The molecule has 0 bridgehead atoms. The van der Waals surface area contributed by atoms with Crippen LogP contribution < -0.4 is 0 Å². The van der Waals surface area contributed by atoms with Crippen molar-refractivity contribution in [1.82, 2.24) is 0 Å². The van der Waals surface area contributed by atoms with Crippen LogP contribution in [-0.2, 0) is 4.74 Å². The van der Waals surface area contributed by atoms with Gasteiger partial charge < -0.3 is 17.8 Å². The second-order valence-corrected chi connectivity index (χ2v) is 1.06. The summed E-state index contributed by atoms with van der Waals surface area (Å²) in [4.78, 5) is 0. The standard InChI is InChI=1S/C4H10O3.ClH.Mg.2H/c5-1-3-7-4-2-6;;;;/h5-6H,1-4H2;1H;;;/q;;+2;2*-1. The number of aliphatic hydroxyl groups is 2. The zero-order chi connectivity index (χ0) is 5.54. The molecule has 0 fully saturated rings. The third-order valence-electron chi connectivity index (χ3n) is 0.471. The van der Waals surface area contributed by atoms with Gasteiger partial charge in [-0.05, 0) is 0 Å². The molecule has 0 heterocycles. The molecule has 0 atom stereocenters. The zero-order valence-electron chi connectivity index (χ0n) is 7.25. The molecule has 0 aliphatic rings. The van der Waals surface area contributed by atoms with E-state index < -0.39 is 0 Å². The molecular formula is C4H13ClMgO3. The van der Waals surface area contributed by atoms with Gasteiger partial charge in [0.25, 0.3) is 0 Å². The molecule has 5 heteroatoms. The van der Waals surface area contributed by atoms with Crippen molar-refractivity contribution in [3.05, 3.63) is 0 Å². The van der Waals surface area contributed by atoms with Crippen LogP contribution in [0.15, 0.2) is 0 Å². The van der Waals surface area contributed by atoms with Crippen molar-refractivity contribution < 1.29 is 17.8 Å². The van der Waals surface area contributed by atoms with Gasteiger partial charge in [0, 0.05) is 0 Å². The zero-order valence-corrected chi connectivity index (χ0v) is 7.48. The van der Waals surface area contributed by atoms with Crippen LogP contribution in [0.5, 0.6) is 0 Å². The van der Waals surface area contributed by atoms with Gasteiger partial charge in [0.05, 0.1) is 26.4 Å². The van der Waals surface area contributed by atoms with E-state index in [9.17, 15) is 0 Å². The minimum absolute atomic E-state index is 0. The topological polar surface area (TPSA) is 49.7 Å². The summed E-state index contributed by atoms with van der Waals surface area (Å²) in [6.07, 6.45) is 0. The van der Waals surface area contributed by atoms with Crippen molar-refractivity contribution in [3.63, 3.8) is 0 Å². The van der Waals surface area contributed by atoms with Crippen molar-refractivity contribution in [2.45, 2.75) is 0 Å². The molecule has 3 nitrogen and oxygen atoms in total. The van der Waals surface area contributed by atoms with E-state index in [0.717, 1.165) is 0 Å². The van der Waals surface area contributed by atoms with E-state index in [2.05, 4.69) is 4.74 Å². The van der Waals surface area contributed by atoms with Gasteiger partial charge in [-0.15, -0.1) is 12.4 Å². The molecule has 0 aliphatic carbocycles. The quantitative estimate of drug-likeness (QED) is 0.430. The maximum absolute atomic E-state index is 8.09. The summed E-state index contributed by atoms with van der Waals surface area (Å²) < 4.78 is 4.63. The van der Waals surface area contributed by atoms with Gasteiger partial charge in [0.1, 0.15) is 0 Å². The summed E-state index contributed by atoms with van der Waals surface area (Å²) in [5, 5.41) is 16.2. The van der Waals surface area contributed by atoms with Crippen LogP contribution in [0.3, 0.4) is 0 Å². The van der Waals surface area contributed by atoms with Gasteiger partial charge in [-0.1, -0.05) is 0 Å². The average molecular weight is 169 g/mol. The van der Waals surface area contributed by atoms with Crippen LogP contribution in [0.2, 0.25) is 0 Å². The Kier molecular flexibility index (Phi) is 29.3. The molecule has 0 unspecified atom stereocenters. The van der Waals surface area contributed by atoms with Crippen LogP contribution >= 0.6 is 12.4 Å². The first-order chi connectivity index (χ1) is 3.41. The molecule has 0 amide bonds. The van der Waals surface area contributed by atoms with E-state index in [1.807, 2.05) is 0 Å². The average Bonchev–Trinajstić information content (AvgIpc) is 1.69. The van der Waals surface area contributed by atoms with E-state index in [1.54, 1.807) is 0 Å². The Bertz CT molecular complexity index is 42.5. The van der Waals surface area contributed by atoms with Gasteiger partial charge >= 0.3 is 23.1 Å². The fraction of sp³-hybridized carbons (Fsp3) is 1.00. The van der Waals surface area contributed by atoms with Crippen LogP contribution in [0.1, 0.15) is 2.85 Å². The second-order valence-electron chi connectivity index (χ2n) is 1.06. The number of ether oxygens (including phenoxy) is 1. The molecule has 0 spiro atoms. The molecule has 9 heavy (non-hydrogen) atoms. The Morgan fingerprint density at radius 1 is 1.11 bits per heavy atom. The molecule has 0 radical (unpaired) electrons. The van der Waals surface area contributed by atoms with E-state index in [1.165, 1.54) is 0 Å². The van der Waals surface area contributed by atoms with Crippen LogP contribution in [0.4, 0.5) is 0 Å². The molecule has 0 rings (SSSR count). The number of halogens is 1. The van der Waals surface area contributed by atoms with Crippen molar-refractivity contribution in [2.24, 2.45) is 0 Å². The van der Waals surface area contributed by atoms with Crippen LogP contribution in [0.25, 0.3) is 0 Å². The Hall–Kier alpha value is 0.936. The molecule has 0 aromatic heterocycles. The van der Waals surface area contributed by atoms with Crippen LogP contribution in [0, 0.1) is 0 Å². The first kappa shape index (κ1) is 16.5. The maximum atomic E-state index is 8.09. The van der Waals surface area contributed by atoms with Crippen molar-refractivity contribution in [2.75, 3.05) is 26.4 Å². The van der Waals surface area contributed by atoms with Crippen molar-refractivity contribution >= 4 is 35.5 Å². The fourth-order valence-electron chi connectivity index (χ4n) is 0.231. The van der Waals surface area contributed by atoms with Gasteiger partial charge in [-0.3, -0.25) is 0 Å². The van der Waals surface area contributed by atoms with Gasteiger partial charge in [0.15, 0.2) is 0 Å². The molecule has 2 N–H and O–H groups in total. The van der Waals surface area contributed by atoms with Gasteiger partial charge in [-0.2, -0.15) is 0 Å². The maximum Gasteiger partial charge on any atom is 2.00 e. The summed E-state index contributed by atoms with van der Waals surface area (Å²) in [6.45, 7) is 0.696. The third kappa shape index (κ3) is 17.6. The molecule has 0 saturated carbocycles. The minimum Gasteiger partial charge on any atom is -1.00 e. The van der Waals surface area contributed by atoms with E-state index in [0.29, 0.717) is 13.2 Å². The summed E-state index contributed by atoms with van der Waals surface area (Å²) in [6, 6.07) is 0. The first-order valence-electron chi connectivity index (χ1n) is 2.21. The van der Waals surface area contributed by atoms with Gasteiger partial charge in [0.2, 0.25) is 0 Å². The summed E-state index contributed by atoms with van der Waals surface area (Å²) in [5.74, 6) is 0. The monoisotopic (exact) mass is 168 g/mol. The van der Waals surface area contributed by atoms with Crippen molar-refractivity contribution in [3.8, 4) is 0 Å². The van der Waals surface area contributed by atoms with E-state index in [-0.39, 0.29) is 51.5 Å². The molecule has 0 aliphatic heterocycles. The van der Waals surface area contributed by atoms with E-state index >= 15 is 0 Å². The van der Waals surface area contributed by atoms with Crippen LogP contribution in [-0.4, -0.2) is 59.7 Å². The predicted octanol–water partition coefficient (Wildman–Crippen LogP) is -0.746. The molecule has 0 aromatic carbocycles. The fourth-order valence-corrected chi connectivity index (χ4v) is 0.231.